The normalized spacial score (nSPS) is 12.8. The second-order valence-corrected chi connectivity index (χ2v) is 3.63. The van der Waals surface area contributed by atoms with Gasteiger partial charge in [-0.25, -0.2) is 0 Å². The molecule has 0 aliphatic rings. The summed E-state index contributed by atoms with van der Waals surface area (Å²) in [5.41, 5.74) is 9.13. The van der Waals surface area contributed by atoms with E-state index in [1.807, 2.05) is 12.2 Å². The molecule has 0 bridgehead atoms. The Hall–Kier alpha value is -1.76. The summed E-state index contributed by atoms with van der Waals surface area (Å²) in [4.78, 5) is 0. The van der Waals surface area contributed by atoms with Crippen molar-refractivity contribution in [2.75, 3.05) is 0 Å². The second-order valence-electron chi connectivity index (χ2n) is 3.63. The van der Waals surface area contributed by atoms with E-state index in [4.69, 9.17) is 5.73 Å². The van der Waals surface area contributed by atoms with E-state index in [0.29, 0.717) is 0 Å². The number of hydrogen-bond acceptors (Lipinski definition) is 1. The molecule has 1 aromatic rings. The summed E-state index contributed by atoms with van der Waals surface area (Å²) in [7, 11) is 0. The largest absolute Gasteiger partial charge is 0.405 e. The molecule has 1 aromatic carbocycles. The zero-order valence-corrected chi connectivity index (χ0v) is 9.98. The molecule has 1 heteroatoms. The summed E-state index contributed by atoms with van der Waals surface area (Å²) in [6.45, 7) is 4.27. The second kappa shape index (κ2) is 6.67. The lowest BCUT2D eigenvalue weighted by Gasteiger charge is -2.06. The third kappa shape index (κ3) is 3.43. The highest BCUT2D eigenvalue weighted by atomic mass is 14.5. The van der Waals surface area contributed by atoms with Gasteiger partial charge in [0.1, 0.15) is 0 Å². The van der Waals surface area contributed by atoms with Gasteiger partial charge in [0.15, 0.2) is 0 Å². The standard InChI is InChI=1S/C15H19N/c1-3-8-14(10-6-7-12-16)15-11-5-4-9-13(15)2/h4-12H,3,16H2,1-2H3/b10-6-,12-7-,14-8?. The predicted octanol–water partition coefficient (Wildman–Crippen LogP) is 3.82. The maximum absolute atomic E-state index is 5.31. The zero-order chi connectivity index (χ0) is 11.8. The van der Waals surface area contributed by atoms with E-state index in [-0.39, 0.29) is 0 Å². The summed E-state index contributed by atoms with van der Waals surface area (Å²) < 4.78 is 0. The maximum atomic E-state index is 5.31. The molecule has 0 saturated heterocycles. The van der Waals surface area contributed by atoms with Crippen molar-refractivity contribution in [2.45, 2.75) is 20.3 Å². The number of nitrogens with two attached hydrogens (primary N) is 1. The molecule has 0 radical (unpaired) electrons. The molecule has 0 saturated carbocycles. The smallest absolute Gasteiger partial charge is 0.00624 e. The molecular formula is C15H19N. The van der Waals surface area contributed by atoms with Crippen LogP contribution in [-0.2, 0) is 0 Å². The van der Waals surface area contributed by atoms with Gasteiger partial charge in [-0.05, 0) is 42.3 Å². The van der Waals surface area contributed by atoms with Crippen LogP contribution in [0.15, 0.2) is 54.8 Å². The molecule has 0 fully saturated rings. The topological polar surface area (TPSA) is 26.0 Å². The van der Waals surface area contributed by atoms with Crippen molar-refractivity contribution in [1.29, 1.82) is 0 Å². The fourth-order valence-corrected chi connectivity index (χ4v) is 1.61. The van der Waals surface area contributed by atoms with E-state index in [2.05, 4.69) is 50.3 Å². The fraction of sp³-hybridized carbons (Fsp3) is 0.200. The number of hydrogen-bond donors (Lipinski definition) is 1. The quantitative estimate of drug-likeness (QED) is 0.756. The summed E-state index contributed by atoms with van der Waals surface area (Å²) >= 11 is 0. The van der Waals surface area contributed by atoms with Crippen LogP contribution < -0.4 is 5.73 Å². The summed E-state index contributed by atoms with van der Waals surface area (Å²) in [6, 6.07) is 8.41. The predicted molar refractivity (Wildman–Crippen MR) is 71.9 cm³/mol. The molecule has 0 aliphatic heterocycles. The lowest BCUT2D eigenvalue weighted by molar-refractivity contribution is 1.22. The van der Waals surface area contributed by atoms with Crippen molar-refractivity contribution in [3.05, 3.63) is 65.9 Å². The SMILES string of the molecule is CCC=C(/C=C\C=C/N)c1ccccc1C. The van der Waals surface area contributed by atoms with Crippen molar-refractivity contribution in [3.63, 3.8) is 0 Å². The zero-order valence-electron chi connectivity index (χ0n) is 9.98. The van der Waals surface area contributed by atoms with E-state index in [9.17, 15) is 0 Å². The number of benzene rings is 1. The molecule has 0 unspecified atom stereocenters. The fourth-order valence-electron chi connectivity index (χ4n) is 1.61. The highest BCUT2D eigenvalue weighted by Gasteiger charge is 1.99. The van der Waals surface area contributed by atoms with Crippen molar-refractivity contribution in [3.8, 4) is 0 Å². The molecule has 0 aliphatic carbocycles. The molecule has 0 aromatic heterocycles. The Morgan fingerprint density at radius 3 is 2.62 bits per heavy atom. The Balaban J connectivity index is 3.04. The molecule has 1 nitrogen and oxygen atoms in total. The van der Waals surface area contributed by atoms with E-state index in [1.165, 1.54) is 22.9 Å². The van der Waals surface area contributed by atoms with Gasteiger partial charge in [0.25, 0.3) is 0 Å². The molecule has 0 heterocycles. The van der Waals surface area contributed by atoms with Gasteiger partial charge in [0.05, 0.1) is 0 Å². The van der Waals surface area contributed by atoms with Gasteiger partial charge < -0.3 is 5.73 Å². The van der Waals surface area contributed by atoms with Crippen LogP contribution in [0.1, 0.15) is 24.5 Å². The number of rotatable bonds is 4. The van der Waals surface area contributed by atoms with Crippen LogP contribution in [0.5, 0.6) is 0 Å². The van der Waals surface area contributed by atoms with Gasteiger partial charge in [-0.15, -0.1) is 0 Å². The summed E-state index contributed by atoms with van der Waals surface area (Å²) in [6.07, 6.45) is 10.7. The van der Waals surface area contributed by atoms with Crippen molar-refractivity contribution >= 4 is 5.57 Å². The monoisotopic (exact) mass is 213 g/mol. The molecule has 84 valence electrons. The molecule has 2 N–H and O–H groups in total. The van der Waals surface area contributed by atoms with E-state index in [0.717, 1.165) is 6.42 Å². The molecule has 0 amide bonds. The maximum Gasteiger partial charge on any atom is -0.00624 e. The highest BCUT2D eigenvalue weighted by molar-refractivity contribution is 5.76. The van der Waals surface area contributed by atoms with Gasteiger partial charge in [0, 0.05) is 0 Å². The van der Waals surface area contributed by atoms with Gasteiger partial charge in [-0.3, -0.25) is 0 Å². The Kier molecular flexibility index (Phi) is 5.13. The summed E-state index contributed by atoms with van der Waals surface area (Å²) in [5.74, 6) is 0. The van der Waals surface area contributed by atoms with Gasteiger partial charge in [-0.1, -0.05) is 49.4 Å². The molecule has 16 heavy (non-hydrogen) atoms. The number of aryl methyl sites for hydroxylation is 1. The third-order valence-corrected chi connectivity index (χ3v) is 2.38. The van der Waals surface area contributed by atoms with Crippen molar-refractivity contribution < 1.29 is 0 Å². The molecular weight excluding hydrogens is 194 g/mol. The van der Waals surface area contributed by atoms with E-state index in [1.54, 1.807) is 0 Å². The van der Waals surface area contributed by atoms with Crippen molar-refractivity contribution in [2.24, 2.45) is 5.73 Å². The average molecular weight is 213 g/mol. The molecule has 0 atom stereocenters. The van der Waals surface area contributed by atoms with Crippen LogP contribution in [0.25, 0.3) is 5.57 Å². The van der Waals surface area contributed by atoms with Crippen LogP contribution in [-0.4, -0.2) is 0 Å². The third-order valence-electron chi connectivity index (χ3n) is 2.38. The van der Waals surface area contributed by atoms with Crippen molar-refractivity contribution in [1.82, 2.24) is 0 Å². The average Bonchev–Trinajstić information content (AvgIpc) is 2.29. The van der Waals surface area contributed by atoms with Crippen LogP contribution in [0, 0.1) is 6.92 Å². The van der Waals surface area contributed by atoms with Crippen LogP contribution in [0.4, 0.5) is 0 Å². The van der Waals surface area contributed by atoms with Crippen LogP contribution in [0.2, 0.25) is 0 Å². The van der Waals surface area contributed by atoms with E-state index >= 15 is 0 Å². The Labute approximate surface area is 98.0 Å². The molecule has 0 spiro atoms. The first-order valence-corrected chi connectivity index (χ1v) is 5.60. The van der Waals surface area contributed by atoms with E-state index < -0.39 is 0 Å². The Bertz CT molecular complexity index is 411. The Morgan fingerprint density at radius 1 is 1.25 bits per heavy atom. The van der Waals surface area contributed by atoms with Crippen LogP contribution in [0.3, 0.4) is 0 Å². The van der Waals surface area contributed by atoms with Gasteiger partial charge >= 0.3 is 0 Å². The first-order chi connectivity index (χ1) is 7.79. The first-order valence-electron chi connectivity index (χ1n) is 5.60. The lowest BCUT2D eigenvalue weighted by atomic mass is 9.99. The minimum Gasteiger partial charge on any atom is -0.405 e. The molecule has 1 rings (SSSR count). The van der Waals surface area contributed by atoms with Gasteiger partial charge in [0.2, 0.25) is 0 Å². The number of allylic oxidation sites excluding steroid dienone is 5. The Morgan fingerprint density at radius 2 is 2.00 bits per heavy atom. The first kappa shape index (κ1) is 12.3. The van der Waals surface area contributed by atoms with Gasteiger partial charge in [-0.2, -0.15) is 0 Å². The minimum atomic E-state index is 1.03. The minimum absolute atomic E-state index is 1.03. The summed E-state index contributed by atoms with van der Waals surface area (Å²) in [5, 5.41) is 0. The highest BCUT2D eigenvalue weighted by Crippen LogP contribution is 2.20. The van der Waals surface area contributed by atoms with Crippen LogP contribution >= 0.6 is 0 Å². The lowest BCUT2D eigenvalue weighted by Crippen LogP contribution is -1.85.